The average molecular weight is 552 g/mol. The zero-order valence-electron chi connectivity index (χ0n) is 21.8. The first-order valence-corrected chi connectivity index (χ1v) is 13.0. The number of benzene rings is 3. The van der Waals surface area contributed by atoms with Crippen molar-refractivity contribution in [3.8, 4) is 5.75 Å². The van der Waals surface area contributed by atoms with Crippen LogP contribution in [0.25, 0.3) is 10.9 Å². The number of ether oxygens (including phenoxy) is 1. The molecule has 3 aromatic carbocycles. The number of hydrazine groups is 1. The van der Waals surface area contributed by atoms with Crippen LogP contribution in [-0.2, 0) is 14.4 Å². The molecule has 0 aliphatic carbocycles. The maximum atomic E-state index is 13.1. The topological polar surface area (TPSA) is 121 Å². The summed E-state index contributed by atoms with van der Waals surface area (Å²) in [6, 6.07) is 24.9. The van der Waals surface area contributed by atoms with Gasteiger partial charge in [0.05, 0.1) is 24.3 Å². The fraction of sp³-hybridized carbons (Fsp3) is 0.167. The number of nitrogens with one attached hydrogen (secondary N) is 1. The monoisotopic (exact) mass is 551 g/mol. The number of hydroxylamine groups is 2. The van der Waals surface area contributed by atoms with E-state index in [1.165, 1.54) is 5.01 Å². The zero-order valence-corrected chi connectivity index (χ0v) is 21.8. The summed E-state index contributed by atoms with van der Waals surface area (Å²) >= 11 is 0. The zero-order chi connectivity index (χ0) is 28.3. The second kappa shape index (κ2) is 11.2. The third-order valence-corrected chi connectivity index (χ3v) is 6.85. The summed E-state index contributed by atoms with van der Waals surface area (Å²) in [5.41, 5.74) is 4.64. The third-order valence-electron chi connectivity index (χ3n) is 6.85. The van der Waals surface area contributed by atoms with E-state index < -0.39 is 23.9 Å². The highest BCUT2D eigenvalue weighted by molar-refractivity contribution is 6.20. The van der Waals surface area contributed by atoms with Gasteiger partial charge in [-0.2, -0.15) is 0 Å². The Balaban J connectivity index is 1.12. The van der Waals surface area contributed by atoms with Gasteiger partial charge in [-0.15, -0.1) is 5.06 Å². The van der Waals surface area contributed by atoms with E-state index in [1.54, 1.807) is 41.4 Å². The van der Waals surface area contributed by atoms with Gasteiger partial charge < -0.3 is 4.74 Å². The van der Waals surface area contributed by atoms with Crippen LogP contribution in [0.1, 0.15) is 32.4 Å². The van der Waals surface area contributed by atoms with E-state index >= 15 is 0 Å². The number of hydrogen-bond donors (Lipinski definition) is 1. The Morgan fingerprint density at radius 1 is 0.878 bits per heavy atom. The van der Waals surface area contributed by atoms with Crippen LogP contribution in [0.2, 0.25) is 0 Å². The standard InChI is InChI=1S/C30H25N5O6/c36-25(19-40-24-14-6-10-20-11-7-15-31-27(20)24)32-34-26(37)18-33(28(34)21-8-2-1-3-9-21)16-17-41-35-29(38)22-12-4-5-13-23(22)30(35)39/h1-15,28H,16-19H2,(H,32,36). The fourth-order valence-electron chi connectivity index (χ4n) is 4.98. The van der Waals surface area contributed by atoms with Gasteiger partial charge in [-0.05, 0) is 29.8 Å². The molecule has 0 spiro atoms. The van der Waals surface area contributed by atoms with E-state index in [9.17, 15) is 19.2 Å². The van der Waals surface area contributed by atoms with E-state index in [4.69, 9.17) is 9.57 Å². The Morgan fingerprint density at radius 3 is 2.34 bits per heavy atom. The maximum Gasteiger partial charge on any atom is 0.285 e. The fourth-order valence-corrected chi connectivity index (χ4v) is 4.98. The average Bonchev–Trinajstić information content (AvgIpc) is 3.44. The highest BCUT2D eigenvalue weighted by Crippen LogP contribution is 2.30. The lowest BCUT2D eigenvalue weighted by Crippen LogP contribution is -2.47. The van der Waals surface area contributed by atoms with Gasteiger partial charge in [0.15, 0.2) is 6.61 Å². The summed E-state index contributed by atoms with van der Waals surface area (Å²) in [6.45, 7) is -0.187. The minimum atomic E-state index is -0.641. The summed E-state index contributed by atoms with van der Waals surface area (Å²) in [5, 5.41) is 2.90. The highest BCUT2D eigenvalue weighted by Gasteiger charge is 2.41. The third kappa shape index (κ3) is 5.11. The molecule has 2 aliphatic heterocycles. The van der Waals surface area contributed by atoms with Crippen molar-refractivity contribution in [2.45, 2.75) is 6.17 Å². The van der Waals surface area contributed by atoms with Crippen molar-refractivity contribution in [2.24, 2.45) is 0 Å². The SMILES string of the molecule is O=C(COc1cccc2cccnc12)NN1C(=O)CN(CCON2C(=O)c3ccccc3C2=O)C1c1ccccc1. The molecule has 11 nitrogen and oxygen atoms in total. The maximum absolute atomic E-state index is 13.1. The molecule has 1 saturated heterocycles. The molecule has 1 N–H and O–H groups in total. The minimum Gasteiger partial charge on any atom is -0.481 e. The van der Waals surface area contributed by atoms with Crippen LogP contribution >= 0.6 is 0 Å². The van der Waals surface area contributed by atoms with Gasteiger partial charge in [-0.3, -0.25) is 39.3 Å². The van der Waals surface area contributed by atoms with Crippen LogP contribution in [0.15, 0.2) is 91.1 Å². The number of nitrogens with zero attached hydrogens (tertiary/aromatic N) is 4. The molecule has 41 heavy (non-hydrogen) atoms. The molecule has 4 aromatic rings. The largest absolute Gasteiger partial charge is 0.481 e. The molecule has 1 fully saturated rings. The van der Waals surface area contributed by atoms with Crippen LogP contribution in [0, 0.1) is 0 Å². The van der Waals surface area contributed by atoms with Gasteiger partial charge in [0.1, 0.15) is 17.4 Å². The molecule has 0 bridgehead atoms. The first-order valence-electron chi connectivity index (χ1n) is 13.0. The van der Waals surface area contributed by atoms with E-state index in [0.29, 0.717) is 11.3 Å². The van der Waals surface area contributed by atoms with Crippen molar-refractivity contribution in [1.82, 2.24) is 25.4 Å². The minimum absolute atomic E-state index is 0.0145. The molecule has 0 saturated carbocycles. The Bertz CT molecular complexity index is 1600. The number of amides is 4. The van der Waals surface area contributed by atoms with Crippen LogP contribution in [0.5, 0.6) is 5.75 Å². The predicted octanol–water partition coefficient (Wildman–Crippen LogP) is 2.72. The smallest absolute Gasteiger partial charge is 0.285 e. The Hall–Kier alpha value is -5.13. The van der Waals surface area contributed by atoms with Gasteiger partial charge >= 0.3 is 0 Å². The summed E-state index contributed by atoms with van der Waals surface area (Å²) in [7, 11) is 0. The van der Waals surface area contributed by atoms with Gasteiger partial charge in [0.2, 0.25) is 0 Å². The van der Waals surface area contributed by atoms with Crippen molar-refractivity contribution >= 4 is 34.5 Å². The number of hydrogen-bond acceptors (Lipinski definition) is 8. The Kier molecular flexibility index (Phi) is 7.11. The van der Waals surface area contributed by atoms with Crippen LogP contribution in [-0.4, -0.2) is 69.9 Å². The molecule has 1 unspecified atom stereocenters. The van der Waals surface area contributed by atoms with E-state index in [1.807, 2.05) is 54.6 Å². The summed E-state index contributed by atoms with van der Waals surface area (Å²) < 4.78 is 5.75. The Labute approximate surface area is 234 Å². The molecule has 1 aromatic heterocycles. The highest BCUT2D eigenvalue weighted by atomic mass is 16.7. The lowest BCUT2D eigenvalue weighted by molar-refractivity contribution is -0.141. The quantitative estimate of drug-likeness (QED) is 0.315. The number of carbonyl (C=O) groups excluding carboxylic acids is 4. The van der Waals surface area contributed by atoms with Crippen molar-refractivity contribution in [2.75, 3.05) is 26.3 Å². The van der Waals surface area contributed by atoms with E-state index in [0.717, 1.165) is 16.0 Å². The molecule has 206 valence electrons. The molecule has 3 heterocycles. The first kappa shape index (κ1) is 26.1. The number of aromatic nitrogens is 1. The second-order valence-corrected chi connectivity index (χ2v) is 9.46. The molecule has 4 amide bonds. The van der Waals surface area contributed by atoms with Gasteiger partial charge in [0.25, 0.3) is 23.6 Å². The van der Waals surface area contributed by atoms with Crippen molar-refractivity contribution in [3.05, 3.63) is 108 Å². The first-order chi connectivity index (χ1) is 20.0. The molecule has 0 radical (unpaired) electrons. The van der Waals surface area contributed by atoms with E-state index in [-0.39, 0.29) is 43.3 Å². The van der Waals surface area contributed by atoms with Crippen LogP contribution < -0.4 is 10.2 Å². The molecular weight excluding hydrogens is 526 g/mol. The van der Waals surface area contributed by atoms with Crippen molar-refractivity contribution in [3.63, 3.8) is 0 Å². The van der Waals surface area contributed by atoms with Crippen LogP contribution in [0.4, 0.5) is 0 Å². The number of pyridine rings is 1. The molecule has 1 atom stereocenters. The second-order valence-electron chi connectivity index (χ2n) is 9.46. The number of carbonyl (C=O) groups is 4. The lowest BCUT2D eigenvalue weighted by atomic mass is 10.1. The van der Waals surface area contributed by atoms with E-state index in [2.05, 4.69) is 10.4 Å². The number of para-hydroxylation sites is 1. The normalized spacial score (nSPS) is 16.9. The summed E-state index contributed by atoms with van der Waals surface area (Å²) in [4.78, 5) is 63.0. The van der Waals surface area contributed by atoms with Gasteiger partial charge in [-0.25, -0.2) is 5.01 Å². The van der Waals surface area contributed by atoms with Crippen LogP contribution in [0.3, 0.4) is 0 Å². The number of fused-ring (bicyclic) bond motifs is 2. The summed E-state index contributed by atoms with van der Waals surface area (Å²) in [6.07, 6.45) is 1.01. The number of rotatable bonds is 9. The molecule has 2 aliphatic rings. The number of imide groups is 1. The molecule has 6 rings (SSSR count). The predicted molar refractivity (Wildman–Crippen MR) is 146 cm³/mol. The van der Waals surface area contributed by atoms with Gasteiger partial charge in [0, 0.05) is 18.1 Å². The van der Waals surface area contributed by atoms with Gasteiger partial charge in [-0.1, -0.05) is 60.7 Å². The Morgan fingerprint density at radius 2 is 1.59 bits per heavy atom. The van der Waals surface area contributed by atoms with Crippen molar-refractivity contribution in [1.29, 1.82) is 0 Å². The molecule has 11 heteroatoms. The summed E-state index contributed by atoms with van der Waals surface area (Å²) in [5.74, 6) is -1.45. The van der Waals surface area contributed by atoms with Crippen molar-refractivity contribution < 1.29 is 28.8 Å². The molecular formula is C30H25N5O6. The lowest BCUT2D eigenvalue weighted by Gasteiger charge is -2.30.